The van der Waals surface area contributed by atoms with Crippen LogP contribution in [0.2, 0.25) is 0 Å². The second-order valence-electron chi connectivity index (χ2n) is 3.96. The Hall–Kier alpha value is -2.10. The zero-order valence-electron chi connectivity index (χ0n) is 10.8. The van der Waals surface area contributed by atoms with Crippen LogP contribution in [-0.4, -0.2) is 37.9 Å². The first kappa shape index (κ1) is 14.0. The molecule has 0 heterocycles. The van der Waals surface area contributed by atoms with Gasteiger partial charge in [-0.25, -0.2) is 4.79 Å². The molecule has 1 rings (SSSR count). The molecule has 0 aliphatic rings. The average molecular weight is 247 g/mol. The van der Waals surface area contributed by atoms with Gasteiger partial charge in [-0.1, -0.05) is 12.1 Å². The summed E-state index contributed by atoms with van der Waals surface area (Å²) in [4.78, 5) is 24.2. The third-order valence-electron chi connectivity index (χ3n) is 2.25. The van der Waals surface area contributed by atoms with Gasteiger partial charge in [-0.15, -0.1) is 0 Å². The molecule has 1 aromatic rings. The fourth-order valence-corrected chi connectivity index (χ4v) is 1.46. The van der Waals surface area contributed by atoms with Crippen molar-refractivity contribution in [1.29, 1.82) is 0 Å². The molecule has 1 aromatic carbocycles. The van der Waals surface area contributed by atoms with Gasteiger partial charge < -0.3 is 9.64 Å². The standard InChI is InChI=1S/C14H17NO3/c1-4-18-14(17)12-7-5-11(6-8-12)13(10-16)9-15(2)3/h5-10H,4H2,1-3H3. The topological polar surface area (TPSA) is 46.6 Å². The van der Waals surface area contributed by atoms with E-state index in [0.29, 0.717) is 17.7 Å². The van der Waals surface area contributed by atoms with Crippen molar-refractivity contribution >= 4 is 17.8 Å². The molecule has 0 fully saturated rings. The van der Waals surface area contributed by atoms with Gasteiger partial charge in [0.1, 0.15) is 0 Å². The quantitative estimate of drug-likeness (QED) is 0.453. The molecule has 0 aliphatic carbocycles. The van der Waals surface area contributed by atoms with E-state index in [1.165, 1.54) is 0 Å². The average Bonchev–Trinajstić information content (AvgIpc) is 2.36. The van der Waals surface area contributed by atoms with Crippen molar-refractivity contribution in [3.8, 4) is 0 Å². The van der Waals surface area contributed by atoms with Crippen LogP contribution in [0.5, 0.6) is 0 Å². The smallest absolute Gasteiger partial charge is 0.338 e. The molecule has 4 heteroatoms. The van der Waals surface area contributed by atoms with Crippen molar-refractivity contribution < 1.29 is 14.3 Å². The van der Waals surface area contributed by atoms with Gasteiger partial charge in [0.05, 0.1) is 12.2 Å². The van der Waals surface area contributed by atoms with Crippen LogP contribution in [-0.2, 0) is 9.53 Å². The highest BCUT2D eigenvalue weighted by atomic mass is 16.5. The maximum absolute atomic E-state index is 11.5. The fraction of sp³-hybridized carbons (Fsp3) is 0.286. The molecule has 0 atom stereocenters. The minimum atomic E-state index is -0.353. The molecule has 0 saturated heterocycles. The molecule has 0 saturated carbocycles. The normalized spacial score (nSPS) is 10.9. The summed E-state index contributed by atoms with van der Waals surface area (Å²) in [5.41, 5.74) is 1.82. The number of allylic oxidation sites excluding steroid dienone is 1. The zero-order chi connectivity index (χ0) is 13.5. The number of esters is 1. The Labute approximate surface area is 107 Å². The van der Waals surface area contributed by atoms with Gasteiger partial charge in [-0.2, -0.15) is 0 Å². The Morgan fingerprint density at radius 2 is 1.78 bits per heavy atom. The van der Waals surface area contributed by atoms with Crippen LogP contribution in [0, 0.1) is 0 Å². The lowest BCUT2D eigenvalue weighted by Gasteiger charge is -2.08. The molecule has 0 unspecified atom stereocenters. The number of aldehydes is 1. The van der Waals surface area contributed by atoms with Gasteiger partial charge in [0.15, 0.2) is 6.29 Å². The third kappa shape index (κ3) is 3.73. The minimum Gasteiger partial charge on any atom is -0.462 e. The van der Waals surface area contributed by atoms with Crippen molar-refractivity contribution in [2.75, 3.05) is 20.7 Å². The van der Waals surface area contributed by atoms with Crippen LogP contribution in [0.15, 0.2) is 30.5 Å². The van der Waals surface area contributed by atoms with Crippen LogP contribution >= 0.6 is 0 Å². The van der Waals surface area contributed by atoms with E-state index in [1.807, 2.05) is 14.1 Å². The predicted octanol–water partition coefficient (Wildman–Crippen LogP) is 1.96. The largest absolute Gasteiger partial charge is 0.462 e. The van der Waals surface area contributed by atoms with E-state index in [0.717, 1.165) is 11.8 Å². The lowest BCUT2D eigenvalue weighted by Crippen LogP contribution is -2.05. The maximum Gasteiger partial charge on any atom is 0.338 e. The summed E-state index contributed by atoms with van der Waals surface area (Å²) < 4.78 is 4.89. The number of benzene rings is 1. The van der Waals surface area contributed by atoms with E-state index in [9.17, 15) is 9.59 Å². The van der Waals surface area contributed by atoms with E-state index < -0.39 is 0 Å². The Balaban J connectivity index is 2.94. The fourth-order valence-electron chi connectivity index (χ4n) is 1.46. The molecule has 4 nitrogen and oxygen atoms in total. The van der Waals surface area contributed by atoms with Gasteiger partial charge in [-0.05, 0) is 24.6 Å². The van der Waals surface area contributed by atoms with Gasteiger partial charge in [0, 0.05) is 25.9 Å². The highest BCUT2D eigenvalue weighted by molar-refractivity contribution is 6.06. The lowest BCUT2D eigenvalue weighted by molar-refractivity contribution is -0.103. The van der Waals surface area contributed by atoms with Crippen molar-refractivity contribution in [3.63, 3.8) is 0 Å². The minimum absolute atomic E-state index is 0.348. The molecule has 0 aromatic heterocycles. The van der Waals surface area contributed by atoms with Crippen molar-refractivity contribution in [2.45, 2.75) is 6.92 Å². The van der Waals surface area contributed by atoms with Crippen molar-refractivity contribution in [3.05, 3.63) is 41.6 Å². The molecule has 0 radical (unpaired) electrons. The summed E-state index contributed by atoms with van der Waals surface area (Å²) in [5, 5.41) is 0. The summed E-state index contributed by atoms with van der Waals surface area (Å²) in [7, 11) is 3.69. The first-order valence-electron chi connectivity index (χ1n) is 5.69. The Morgan fingerprint density at radius 1 is 1.22 bits per heavy atom. The summed E-state index contributed by atoms with van der Waals surface area (Å²) in [5.74, 6) is -0.353. The van der Waals surface area contributed by atoms with Crippen LogP contribution in [0.3, 0.4) is 0 Å². The van der Waals surface area contributed by atoms with Crippen molar-refractivity contribution in [1.82, 2.24) is 4.90 Å². The van der Waals surface area contributed by atoms with E-state index in [-0.39, 0.29) is 5.97 Å². The van der Waals surface area contributed by atoms with Gasteiger partial charge >= 0.3 is 5.97 Å². The van der Waals surface area contributed by atoms with Gasteiger partial charge in [0.25, 0.3) is 0 Å². The van der Waals surface area contributed by atoms with E-state index in [1.54, 1.807) is 42.3 Å². The number of hydrogen-bond donors (Lipinski definition) is 0. The third-order valence-corrected chi connectivity index (χ3v) is 2.25. The number of hydrogen-bond acceptors (Lipinski definition) is 4. The second kappa shape index (κ2) is 6.59. The first-order valence-corrected chi connectivity index (χ1v) is 5.69. The highest BCUT2D eigenvalue weighted by Gasteiger charge is 2.07. The van der Waals surface area contributed by atoms with E-state index in [4.69, 9.17) is 4.74 Å². The van der Waals surface area contributed by atoms with Crippen LogP contribution in [0.25, 0.3) is 5.57 Å². The molecule has 0 spiro atoms. The Bertz CT molecular complexity index is 447. The maximum atomic E-state index is 11.5. The second-order valence-corrected chi connectivity index (χ2v) is 3.96. The number of ether oxygens (including phenoxy) is 1. The Kier molecular flexibility index (Phi) is 5.11. The van der Waals surface area contributed by atoms with E-state index >= 15 is 0 Å². The summed E-state index contributed by atoms with van der Waals surface area (Å²) in [6.07, 6.45) is 2.52. The molecular weight excluding hydrogens is 230 g/mol. The monoisotopic (exact) mass is 247 g/mol. The van der Waals surface area contributed by atoms with E-state index in [2.05, 4.69) is 0 Å². The number of carbonyl (C=O) groups is 2. The van der Waals surface area contributed by atoms with Crippen molar-refractivity contribution in [2.24, 2.45) is 0 Å². The lowest BCUT2D eigenvalue weighted by atomic mass is 10.1. The summed E-state index contributed by atoms with van der Waals surface area (Å²) >= 11 is 0. The molecule has 0 bridgehead atoms. The Morgan fingerprint density at radius 3 is 2.22 bits per heavy atom. The molecular formula is C14H17NO3. The van der Waals surface area contributed by atoms with Crippen LogP contribution in [0.1, 0.15) is 22.8 Å². The SMILES string of the molecule is CCOC(=O)c1ccc(C(C=O)=CN(C)C)cc1. The first-order chi connectivity index (χ1) is 8.58. The molecule has 0 amide bonds. The molecule has 0 aliphatic heterocycles. The molecule has 0 N–H and O–H groups in total. The van der Waals surface area contributed by atoms with Crippen LogP contribution in [0.4, 0.5) is 0 Å². The number of nitrogens with zero attached hydrogens (tertiary/aromatic N) is 1. The number of rotatable bonds is 5. The van der Waals surface area contributed by atoms with Crippen LogP contribution < -0.4 is 0 Å². The zero-order valence-corrected chi connectivity index (χ0v) is 10.8. The summed E-state index contributed by atoms with van der Waals surface area (Å²) in [6, 6.07) is 6.77. The predicted molar refractivity (Wildman–Crippen MR) is 70.1 cm³/mol. The highest BCUT2D eigenvalue weighted by Crippen LogP contribution is 2.14. The summed E-state index contributed by atoms with van der Waals surface area (Å²) in [6.45, 7) is 2.11. The van der Waals surface area contributed by atoms with Gasteiger partial charge in [0.2, 0.25) is 0 Å². The molecule has 96 valence electrons. The molecule has 18 heavy (non-hydrogen) atoms. The van der Waals surface area contributed by atoms with Gasteiger partial charge in [-0.3, -0.25) is 4.79 Å². The number of carbonyl (C=O) groups excluding carboxylic acids is 2.